The zero-order chi connectivity index (χ0) is 22.2. The summed E-state index contributed by atoms with van der Waals surface area (Å²) >= 11 is 0. The third kappa shape index (κ3) is 5.13. The number of cyclic esters (lactones) is 1. The van der Waals surface area contributed by atoms with Crippen LogP contribution in [0.5, 0.6) is 11.5 Å². The summed E-state index contributed by atoms with van der Waals surface area (Å²) in [5.74, 6) is 1.27. The zero-order valence-electron chi connectivity index (χ0n) is 17.6. The first-order valence-electron chi connectivity index (χ1n) is 10.4. The molecule has 0 amide bonds. The molecular weight excluding hydrogens is 402 g/mol. The number of allylic oxidation sites excluding steroid dienone is 1. The molecule has 0 saturated carbocycles. The first kappa shape index (κ1) is 21.1. The molecule has 5 nitrogen and oxygen atoms in total. The van der Waals surface area contributed by atoms with Gasteiger partial charge in [-0.3, -0.25) is 0 Å². The van der Waals surface area contributed by atoms with Crippen molar-refractivity contribution in [2.45, 2.75) is 6.42 Å². The van der Waals surface area contributed by atoms with Gasteiger partial charge in [0.1, 0.15) is 24.7 Å². The molecular formula is C27H23NO4. The first-order chi connectivity index (χ1) is 15.7. The van der Waals surface area contributed by atoms with Crippen LogP contribution in [0.25, 0.3) is 6.08 Å². The van der Waals surface area contributed by atoms with Gasteiger partial charge in [0.05, 0.1) is 0 Å². The van der Waals surface area contributed by atoms with E-state index < -0.39 is 5.97 Å². The van der Waals surface area contributed by atoms with E-state index in [4.69, 9.17) is 14.2 Å². The summed E-state index contributed by atoms with van der Waals surface area (Å²) in [5.41, 5.74) is 2.81. The summed E-state index contributed by atoms with van der Waals surface area (Å²) in [6.45, 7) is 4.52. The van der Waals surface area contributed by atoms with E-state index >= 15 is 0 Å². The standard InChI is InChI=1S/C27H23NO4/c1-2-10-20-11-6-8-15-24(20)30-17-18-31-25-16-9-7-14-22(25)19-23-27(29)32-26(28-23)21-12-4-3-5-13-21/h2-9,11-16,19H,1,10,17-18H2/b23-19+. The predicted molar refractivity (Wildman–Crippen MR) is 125 cm³/mol. The van der Waals surface area contributed by atoms with Crippen LogP contribution >= 0.6 is 0 Å². The smallest absolute Gasteiger partial charge is 0.363 e. The van der Waals surface area contributed by atoms with Gasteiger partial charge >= 0.3 is 5.97 Å². The van der Waals surface area contributed by atoms with Crippen molar-refractivity contribution in [1.82, 2.24) is 0 Å². The first-order valence-corrected chi connectivity index (χ1v) is 10.4. The fourth-order valence-corrected chi connectivity index (χ4v) is 3.26. The Morgan fingerprint density at radius 2 is 1.50 bits per heavy atom. The number of benzene rings is 3. The van der Waals surface area contributed by atoms with Crippen LogP contribution in [0.15, 0.2) is 102 Å². The molecule has 3 aromatic rings. The van der Waals surface area contributed by atoms with Crippen LogP contribution in [0, 0.1) is 0 Å². The third-order valence-corrected chi connectivity index (χ3v) is 4.79. The molecule has 32 heavy (non-hydrogen) atoms. The lowest BCUT2D eigenvalue weighted by Crippen LogP contribution is -2.10. The fourth-order valence-electron chi connectivity index (χ4n) is 3.26. The maximum absolute atomic E-state index is 12.3. The van der Waals surface area contributed by atoms with Crippen LogP contribution in [-0.4, -0.2) is 25.1 Å². The molecule has 160 valence electrons. The van der Waals surface area contributed by atoms with Crippen molar-refractivity contribution in [3.63, 3.8) is 0 Å². The number of hydrogen-bond acceptors (Lipinski definition) is 5. The van der Waals surface area contributed by atoms with Gasteiger partial charge in [-0.25, -0.2) is 9.79 Å². The van der Waals surface area contributed by atoms with Crippen LogP contribution in [0.1, 0.15) is 16.7 Å². The van der Waals surface area contributed by atoms with E-state index in [1.807, 2.05) is 84.9 Å². The molecule has 1 aliphatic heterocycles. The van der Waals surface area contributed by atoms with Gasteiger partial charge in [-0.15, -0.1) is 6.58 Å². The van der Waals surface area contributed by atoms with Gasteiger partial charge in [-0.2, -0.15) is 0 Å². The van der Waals surface area contributed by atoms with Crippen molar-refractivity contribution in [3.05, 3.63) is 114 Å². The van der Waals surface area contributed by atoms with Crippen molar-refractivity contribution >= 4 is 17.9 Å². The van der Waals surface area contributed by atoms with Crippen LogP contribution < -0.4 is 9.47 Å². The summed E-state index contributed by atoms with van der Waals surface area (Å²) in [4.78, 5) is 16.7. The second-order valence-electron chi connectivity index (χ2n) is 7.04. The van der Waals surface area contributed by atoms with Gasteiger partial charge in [0.2, 0.25) is 5.90 Å². The molecule has 1 heterocycles. The van der Waals surface area contributed by atoms with Gasteiger partial charge in [0, 0.05) is 11.1 Å². The minimum atomic E-state index is -0.485. The highest BCUT2D eigenvalue weighted by Gasteiger charge is 2.24. The molecule has 0 N–H and O–H groups in total. The predicted octanol–water partition coefficient (Wildman–Crippen LogP) is 5.22. The normalized spacial score (nSPS) is 14.1. The Morgan fingerprint density at radius 3 is 2.28 bits per heavy atom. The number of aliphatic imine (C=N–C) groups is 1. The van der Waals surface area contributed by atoms with Crippen molar-refractivity contribution in [2.75, 3.05) is 13.2 Å². The lowest BCUT2D eigenvalue weighted by Gasteiger charge is -2.12. The SMILES string of the molecule is C=CCc1ccccc1OCCOc1ccccc1/C=C1/N=C(c2ccccc2)OC1=O. The lowest BCUT2D eigenvalue weighted by molar-refractivity contribution is -0.129. The summed E-state index contributed by atoms with van der Waals surface area (Å²) in [6.07, 6.45) is 4.27. The number of ether oxygens (including phenoxy) is 3. The van der Waals surface area contributed by atoms with Crippen LogP contribution in [0.2, 0.25) is 0 Å². The Kier molecular flexibility index (Phi) is 6.78. The van der Waals surface area contributed by atoms with E-state index in [1.165, 1.54) is 0 Å². The number of esters is 1. The minimum absolute atomic E-state index is 0.231. The topological polar surface area (TPSA) is 57.1 Å². The molecule has 0 saturated heterocycles. The Hall–Kier alpha value is -4.12. The van der Waals surface area contributed by atoms with Crippen molar-refractivity contribution in [2.24, 2.45) is 4.99 Å². The summed E-state index contributed by atoms with van der Waals surface area (Å²) < 4.78 is 17.1. The molecule has 0 unspecified atom stereocenters. The van der Waals surface area contributed by atoms with E-state index in [0.717, 1.165) is 28.9 Å². The zero-order valence-corrected chi connectivity index (χ0v) is 17.6. The van der Waals surface area contributed by atoms with Gasteiger partial charge in [0.25, 0.3) is 0 Å². The van der Waals surface area contributed by atoms with Gasteiger partial charge in [-0.1, -0.05) is 60.7 Å². The molecule has 5 heteroatoms. The number of hydrogen-bond donors (Lipinski definition) is 0. The largest absolute Gasteiger partial charge is 0.490 e. The molecule has 1 aliphatic rings. The van der Waals surface area contributed by atoms with E-state index in [9.17, 15) is 4.79 Å². The monoisotopic (exact) mass is 425 g/mol. The van der Waals surface area contributed by atoms with E-state index in [-0.39, 0.29) is 5.70 Å². The Bertz CT molecular complexity index is 1170. The highest BCUT2D eigenvalue weighted by molar-refractivity contribution is 6.12. The molecule has 3 aromatic carbocycles. The molecule has 0 aromatic heterocycles. The minimum Gasteiger partial charge on any atom is -0.490 e. The van der Waals surface area contributed by atoms with Crippen molar-refractivity contribution in [1.29, 1.82) is 0 Å². The molecule has 0 aliphatic carbocycles. The highest BCUT2D eigenvalue weighted by Crippen LogP contribution is 2.25. The van der Waals surface area contributed by atoms with Crippen molar-refractivity contribution in [3.8, 4) is 11.5 Å². The summed E-state index contributed by atoms with van der Waals surface area (Å²) in [6, 6.07) is 24.7. The molecule has 4 rings (SSSR count). The molecule has 0 spiro atoms. The average Bonchev–Trinajstić information content (AvgIpc) is 3.19. The van der Waals surface area contributed by atoms with E-state index in [0.29, 0.717) is 24.9 Å². The lowest BCUT2D eigenvalue weighted by atomic mass is 10.1. The maximum atomic E-state index is 12.3. The number of nitrogens with zero attached hydrogens (tertiary/aromatic N) is 1. The van der Waals surface area contributed by atoms with Gasteiger partial charge in [0.15, 0.2) is 5.70 Å². The molecule has 0 radical (unpaired) electrons. The summed E-state index contributed by atoms with van der Waals surface area (Å²) in [5, 5.41) is 0. The van der Waals surface area contributed by atoms with Crippen molar-refractivity contribution < 1.29 is 19.0 Å². The second kappa shape index (κ2) is 10.3. The molecule has 0 atom stereocenters. The Morgan fingerprint density at radius 1 is 0.844 bits per heavy atom. The Balaban J connectivity index is 1.43. The van der Waals surface area contributed by atoms with E-state index in [2.05, 4.69) is 11.6 Å². The van der Waals surface area contributed by atoms with Gasteiger partial charge < -0.3 is 14.2 Å². The second-order valence-corrected chi connectivity index (χ2v) is 7.04. The maximum Gasteiger partial charge on any atom is 0.363 e. The average molecular weight is 425 g/mol. The third-order valence-electron chi connectivity index (χ3n) is 4.79. The Labute approximate surface area is 187 Å². The van der Waals surface area contributed by atoms with E-state index in [1.54, 1.807) is 6.08 Å². The summed E-state index contributed by atoms with van der Waals surface area (Å²) in [7, 11) is 0. The fraction of sp³-hybridized carbons (Fsp3) is 0.111. The number of para-hydroxylation sites is 2. The quantitative estimate of drug-likeness (QED) is 0.204. The number of rotatable bonds is 9. The van der Waals surface area contributed by atoms with Crippen LogP contribution in [0.4, 0.5) is 0 Å². The number of carbonyl (C=O) groups excluding carboxylic acids is 1. The molecule has 0 fully saturated rings. The van der Waals surface area contributed by atoms with Crippen LogP contribution in [0.3, 0.4) is 0 Å². The highest BCUT2D eigenvalue weighted by atomic mass is 16.6. The van der Waals surface area contributed by atoms with Crippen LogP contribution in [-0.2, 0) is 16.0 Å². The molecule has 0 bridgehead atoms. The van der Waals surface area contributed by atoms with Gasteiger partial charge in [-0.05, 0) is 42.3 Å². The number of carbonyl (C=O) groups is 1.